The zero-order valence-electron chi connectivity index (χ0n) is 18.3. The van der Waals surface area contributed by atoms with Gasteiger partial charge in [0.2, 0.25) is 5.91 Å². The third kappa shape index (κ3) is 5.23. The van der Waals surface area contributed by atoms with Crippen LogP contribution in [-0.2, 0) is 14.8 Å². The molecule has 1 amide bonds. The average Bonchev–Trinajstić information content (AvgIpc) is 2.75. The van der Waals surface area contributed by atoms with E-state index in [2.05, 4.69) is 5.32 Å². The van der Waals surface area contributed by atoms with E-state index >= 15 is 0 Å². The number of nitrogens with one attached hydrogen (secondary N) is 1. The minimum atomic E-state index is -4.11. The van der Waals surface area contributed by atoms with Gasteiger partial charge in [0.05, 0.1) is 12.8 Å². The molecule has 3 rings (SSSR count). The summed E-state index contributed by atoms with van der Waals surface area (Å²) in [5.74, 6) is -0.292. The summed E-state index contributed by atoms with van der Waals surface area (Å²) >= 11 is 6.14. The SMILES string of the molecule is COc1ccc(C)cc1S(=O)(=O)N(CC(=O)Nc1ccc(C)c(Cl)c1)c1ccc(C)cc1. The Labute approximate surface area is 193 Å². The molecule has 0 unspecified atom stereocenters. The van der Waals surface area contributed by atoms with Gasteiger partial charge in [-0.3, -0.25) is 9.10 Å². The minimum absolute atomic E-state index is 0.00763. The highest BCUT2D eigenvalue weighted by molar-refractivity contribution is 7.93. The molecule has 3 aromatic rings. The first-order valence-electron chi connectivity index (χ1n) is 9.92. The highest BCUT2D eigenvalue weighted by atomic mass is 35.5. The van der Waals surface area contributed by atoms with Gasteiger partial charge in [-0.15, -0.1) is 0 Å². The van der Waals surface area contributed by atoms with Crippen LogP contribution in [0, 0.1) is 20.8 Å². The second kappa shape index (κ2) is 9.63. The molecular weight excluding hydrogens is 448 g/mol. The number of ether oxygens (including phenoxy) is 1. The van der Waals surface area contributed by atoms with E-state index in [0.29, 0.717) is 16.4 Å². The van der Waals surface area contributed by atoms with Crippen LogP contribution in [-0.4, -0.2) is 28.0 Å². The predicted molar refractivity (Wildman–Crippen MR) is 128 cm³/mol. The summed E-state index contributed by atoms with van der Waals surface area (Å²) < 4.78 is 33.7. The summed E-state index contributed by atoms with van der Waals surface area (Å²) in [4.78, 5) is 12.9. The molecule has 0 heterocycles. The topological polar surface area (TPSA) is 75.7 Å². The van der Waals surface area contributed by atoms with Crippen LogP contribution in [0.3, 0.4) is 0 Å². The molecule has 0 aliphatic heterocycles. The van der Waals surface area contributed by atoms with Crippen molar-refractivity contribution in [1.82, 2.24) is 0 Å². The third-order valence-electron chi connectivity index (χ3n) is 4.95. The van der Waals surface area contributed by atoms with Gasteiger partial charge in [-0.25, -0.2) is 8.42 Å². The Bertz CT molecular complexity index is 1240. The van der Waals surface area contributed by atoms with Crippen LogP contribution < -0.4 is 14.4 Å². The number of nitrogens with zero attached hydrogens (tertiary/aromatic N) is 1. The fourth-order valence-electron chi connectivity index (χ4n) is 3.13. The summed E-state index contributed by atoms with van der Waals surface area (Å²) in [5.41, 5.74) is 3.46. The van der Waals surface area contributed by atoms with E-state index in [-0.39, 0.29) is 10.6 Å². The van der Waals surface area contributed by atoms with Crippen LogP contribution >= 0.6 is 11.6 Å². The van der Waals surface area contributed by atoms with Gasteiger partial charge >= 0.3 is 0 Å². The van der Waals surface area contributed by atoms with Gasteiger partial charge in [0.1, 0.15) is 17.2 Å². The first-order chi connectivity index (χ1) is 15.1. The standard InChI is InChI=1S/C24H25ClN2O4S/c1-16-5-10-20(11-6-16)27(15-24(28)26-19-9-8-18(3)21(25)14-19)32(29,30)23-13-17(2)7-12-22(23)31-4/h5-14H,15H2,1-4H3,(H,26,28). The number of methoxy groups -OCH3 is 1. The van der Waals surface area contributed by atoms with E-state index in [1.165, 1.54) is 13.2 Å². The van der Waals surface area contributed by atoms with Gasteiger partial charge in [0.15, 0.2) is 0 Å². The third-order valence-corrected chi connectivity index (χ3v) is 7.15. The first kappa shape index (κ1) is 23.6. The van der Waals surface area contributed by atoms with E-state index in [1.807, 2.05) is 13.8 Å². The van der Waals surface area contributed by atoms with Crippen molar-refractivity contribution in [1.29, 1.82) is 0 Å². The highest BCUT2D eigenvalue weighted by Gasteiger charge is 2.30. The van der Waals surface area contributed by atoms with E-state index < -0.39 is 22.5 Å². The molecule has 32 heavy (non-hydrogen) atoms. The largest absolute Gasteiger partial charge is 0.495 e. The monoisotopic (exact) mass is 472 g/mol. The summed E-state index contributed by atoms with van der Waals surface area (Å²) in [6.45, 7) is 5.13. The van der Waals surface area contributed by atoms with Crippen molar-refractivity contribution in [2.75, 3.05) is 23.3 Å². The number of amides is 1. The number of rotatable bonds is 7. The van der Waals surface area contributed by atoms with Crippen molar-refractivity contribution in [3.05, 3.63) is 82.4 Å². The Kier molecular flexibility index (Phi) is 7.11. The van der Waals surface area contributed by atoms with Crippen LogP contribution in [0.1, 0.15) is 16.7 Å². The lowest BCUT2D eigenvalue weighted by Gasteiger charge is -2.25. The van der Waals surface area contributed by atoms with E-state index in [9.17, 15) is 13.2 Å². The molecule has 0 atom stereocenters. The molecule has 0 saturated heterocycles. The number of anilines is 2. The lowest BCUT2D eigenvalue weighted by Crippen LogP contribution is -2.38. The van der Waals surface area contributed by atoms with Crippen LogP contribution in [0.2, 0.25) is 5.02 Å². The quantitative estimate of drug-likeness (QED) is 0.518. The maximum absolute atomic E-state index is 13.7. The van der Waals surface area contributed by atoms with Gasteiger partial charge in [-0.05, 0) is 68.3 Å². The predicted octanol–water partition coefficient (Wildman–Crippen LogP) is 5.11. The van der Waals surface area contributed by atoms with Gasteiger partial charge in [0, 0.05) is 10.7 Å². The van der Waals surface area contributed by atoms with Crippen molar-refractivity contribution in [2.24, 2.45) is 0 Å². The van der Waals surface area contributed by atoms with Crippen LogP contribution in [0.4, 0.5) is 11.4 Å². The van der Waals surface area contributed by atoms with Crippen molar-refractivity contribution in [2.45, 2.75) is 25.7 Å². The summed E-state index contributed by atoms with van der Waals surface area (Å²) in [6.07, 6.45) is 0. The summed E-state index contributed by atoms with van der Waals surface area (Å²) in [7, 11) is -2.70. The van der Waals surface area contributed by atoms with Crippen LogP contribution in [0.15, 0.2) is 65.6 Å². The zero-order chi connectivity index (χ0) is 23.5. The van der Waals surface area contributed by atoms with E-state index in [4.69, 9.17) is 16.3 Å². The van der Waals surface area contributed by atoms with Gasteiger partial charge in [0.25, 0.3) is 10.0 Å². The average molecular weight is 473 g/mol. The maximum atomic E-state index is 13.7. The second-order valence-corrected chi connectivity index (χ2v) is 9.75. The molecule has 0 aliphatic carbocycles. The fourth-order valence-corrected chi connectivity index (χ4v) is 4.98. The lowest BCUT2D eigenvalue weighted by atomic mass is 10.2. The van der Waals surface area contributed by atoms with Crippen molar-refractivity contribution in [3.63, 3.8) is 0 Å². The number of carbonyl (C=O) groups is 1. The molecule has 0 bridgehead atoms. The molecule has 1 N–H and O–H groups in total. The Morgan fingerprint density at radius 3 is 2.25 bits per heavy atom. The van der Waals surface area contributed by atoms with E-state index in [1.54, 1.807) is 61.5 Å². The Morgan fingerprint density at radius 1 is 0.969 bits per heavy atom. The first-order valence-corrected chi connectivity index (χ1v) is 11.7. The lowest BCUT2D eigenvalue weighted by molar-refractivity contribution is -0.114. The van der Waals surface area contributed by atoms with Crippen molar-refractivity contribution >= 4 is 38.9 Å². The number of sulfonamides is 1. The molecule has 0 spiro atoms. The Hall–Kier alpha value is -3.03. The Balaban J connectivity index is 2.00. The zero-order valence-corrected chi connectivity index (χ0v) is 19.9. The van der Waals surface area contributed by atoms with E-state index in [0.717, 1.165) is 21.0 Å². The number of halogens is 1. The second-order valence-electron chi connectivity index (χ2n) is 7.51. The number of hydrogen-bond donors (Lipinski definition) is 1. The maximum Gasteiger partial charge on any atom is 0.268 e. The molecule has 8 heteroatoms. The van der Waals surface area contributed by atoms with Gasteiger partial charge in [-0.1, -0.05) is 41.4 Å². The summed E-state index contributed by atoms with van der Waals surface area (Å²) in [6, 6.07) is 17.0. The number of aryl methyl sites for hydroxylation is 3. The number of benzene rings is 3. The van der Waals surface area contributed by atoms with Gasteiger partial charge < -0.3 is 10.1 Å². The molecule has 0 fully saturated rings. The molecule has 0 radical (unpaired) electrons. The number of hydrogen-bond acceptors (Lipinski definition) is 4. The molecular formula is C24H25ClN2O4S. The van der Waals surface area contributed by atoms with Crippen molar-refractivity contribution in [3.8, 4) is 5.75 Å². The highest BCUT2D eigenvalue weighted by Crippen LogP contribution is 2.31. The van der Waals surface area contributed by atoms with Crippen LogP contribution in [0.5, 0.6) is 5.75 Å². The minimum Gasteiger partial charge on any atom is -0.495 e. The fraction of sp³-hybridized carbons (Fsp3) is 0.208. The normalized spacial score (nSPS) is 11.2. The summed E-state index contributed by atoms with van der Waals surface area (Å²) in [5, 5.41) is 3.23. The molecule has 6 nitrogen and oxygen atoms in total. The molecule has 3 aromatic carbocycles. The Morgan fingerprint density at radius 2 is 1.62 bits per heavy atom. The molecule has 0 aromatic heterocycles. The van der Waals surface area contributed by atoms with Crippen LogP contribution in [0.25, 0.3) is 0 Å². The smallest absolute Gasteiger partial charge is 0.268 e. The number of carbonyl (C=O) groups excluding carboxylic acids is 1. The molecule has 0 aliphatic rings. The molecule has 0 saturated carbocycles. The van der Waals surface area contributed by atoms with Gasteiger partial charge in [-0.2, -0.15) is 0 Å². The molecule has 168 valence electrons. The van der Waals surface area contributed by atoms with Crippen molar-refractivity contribution < 1.29 is 17.9 Å².